The van der Waals surface area contributed by atoms with Crippen LogP contribution >= 0.6 is 14.3 Å². The fraction of sp³-hybridized carbons (Fsp3) is 0.478. The van der Waals surface area contributed by atoms with Gasteiger partial charge in [0.25, 0.3) is 0 Å². The summed E-state index contributed by atoms with van der Waals surface area (Å²) >= 11 is 0. The Bertz CT molecular complexity index is 1510. The molecule has 0 aromatic heterocycles. The second kappa shape index (κ2) is 32.6. The summed E-state index contributed by atoms with van der Waals surface area (Å²) in [5.41, 5.74) is 0. The van der Waals surface area contributed by atoms with Crippen LogP contribution in [-0.2, 0) is 61.2 Å². The third kappa shape index (κ3) is 20.8. The molecule has 0 spiro atoms. The molecule has 13 nitrogen and oxygen atoms in total. The van der Waals surface area contributed by atoms with Crippen molar-refractivity contribution in [3.8, 4) is 0 Å². The highest BCUT2D eigenvalue weighted by molar-refractivity contribution is 7.78. The van der Waals surface area contributed by atoms with Gasteiger partial charge in [-0.25, -0.2) is 0 Å². The zero-order valence-electron chi connectivity index (χ0n) is 35.3. The fourth-order valence-electron chi connectivity index (χ4n) is 5.75. The minimum absolute atomic E-state index is 0.124. The monoisotopic (exact) mass is 886 g/mol. The number of benzene rings is 4. The molecule has 61 heavy (non-hydrogen) atoms. The molecule has 0 saturated carbocycles. The Balaban J connectivity index is 0.819. The van der Waals surface area contributed by atoms with Crippen molar-refractivity contribution in [2.24, 2.45) is 0 Å². The molecule has 0 aliphatic rings. The number of hydrogen-bond donors (Lipinski definition) is 0. The molecule has 4 aromatic carbocycles. The molecule has 4 aromatic rings. The average Bonchev–Trinajstić information content (AvgIpc) is 3.31. The third-order valence-electron chi connectivity index (χ3n) is 8.96. The summed E-state index contributed by atoms with van der Waals surface area (Å²) in [5, 5.41) is 3.12. The first-order chi connectivity index (χ1) is 30.1. The van der Waals surface area contributed by atoms with Crippen LogP contribution in [0.25, 0.3) is 0 Å². The molecule has 0 unspecified atom stereocenters. The van der Waals surface area contributed by atoms with Gasteiger partial charge in [0.1, 0.15) is 12.7 Å². The van der Waals surface area contributed by atoms with E-state index in [0.29, 0.717) is 132 Å². The standard InChI is InChI=1S/C46H64O13P2/c47-60(43-13-5-1-6-14-43,44-15-7-2-8-16-44)41-58-39-37-56-35-33-54-31-29-52-27-25-50-23-21-49-22-24-51-26-28-53-30-32-55-34-36-57-38-40-59-42-61(48,45-17-9-3-10-18-45)46-19-11-4-12-20-46/h1-20H,21-42H2. The number of rotatable bonds is 38. The number of hydrogen-bond acceptors (Lipinski definition) is 13. The Morgan fingerprint density at radius 3 is 0.541 bits per heavy atom. The Labute approximate surface area is 361 Å². The second-order valence-corrected chi connectivity index (χ2v) is 18.9. The van der Waals surface area contributed by atoms with E-state index in [1.165, 1.54) is 0 Å². The van der Waals surface area contributed by atoms with Crippen molar-refractivity contribution in [3.63, 3.8) is 0 Å². The summed E-state index contributed by atoms with van der Waals surface area (Å²) in [6.07, 6.45) is 0.248. The lowest BCUT2D eigenvalue weighted by atomic mass is 10.4. The van der Waals surface area contributed by atoms with Crippen molar-refractivity contribution in [1.82, 2.24) is 0 Å². The van der Waals surface area contributed by atoms with E-state index < -0.39 is 14.3 Å². The van der Waals surface area contributed by atoms with Crippen molar-refractivity contribution in [2.45, 2.75) is 0 Å². The summed E-state index contributed by atoms with van der Waals surface area (Å²) in [6.45, 7) is 8.92. The maximum Gasteiger partial charge on any atom is 0.167 e. The van der Waals surface area contributed by atoms with Crippen LogP contribution in [0.4, 0.5) is 0 Å². The summed E-state index contributed by atoms with van der Waals surface area (Å²) in [5.74, 6) is 0. The van der Waals surface area contributed by atoms with E-state index in [1.807, 2.05) is 121 Å². The van der Waals surface area contributed by atoms with Gasteiger partial charge in [-0.15, -0.1) is 0 Å². The smallest absolute Gasteiger partial charge is 0.167 e. The summed E-state index contributed by atoms with van der Waals surface area (Å²) in [7, 11) is -5.77. The van der Waals surface area contributed by atoms with Gasteiger partial charge in [0.2, 0.25) is 0 Å². The normalized spacial score (nSPS) is 11.9. The van der Waals surface area contributed by atoms with Crippen LogP contribution in [0.1, 0.15) is 0 Å². The molecule has 0 fully saturated rings. The van der Waals surface area contributed by atoms with Crippen molar-refractivity contribution in [1.29, 1.82) is 0 Å². The van der Waals surface area contributed by atoms with Crippen molar-refractivity contribution in [3.05, 3.63) is 121 Å². The van der Waals surface area contributed by atoms with E-state index in [4.69, 9.17) is 52.1 Å². The van der Waals surface area contributed by atoms with Gasteiger partial charge in [-0.2, -0.15) is 0 Å². The zero-order valence-corrected chi connectivity index (χ0v) is 37.1. The van der Waals surface area contributed by atoms with Gasteiger partial charge in [0.15, 0.2) is 14.3 Å². The van der Waals surface area contributed by atoms with Gasteiger partial charge in [0, 0.05) is 21.2 Å². The van der Waals surface area contributed by atoms with Crippen molar-refractivity contribution < 1.29 is 61.2 Å². The van der Waals surface area contributed by atoms with Crippen LogP contribution in [0.15, 0.2) is 121 Å². The maximum atomic E-state index is 13.9. The van der Waals surface area contributed by atoms with Crippen molar-refractivity contribution >= 4 is 35.5 Å². The van der Waals surface area contributed by atoms with Crippen LogP contribution in [0, 0.1) is 0 Å². The summed E-state index contributed by atoms with van der Waals surface area (Å²) < 4.78 is 89.3. The van der Waals surface area contributed by atoms with Gasteiger partial charge in [-0.05, 0) is 0 Å². The Morgan fingerprint density at radius 1 is 0.230 bits per heavy atom. The first-order valence-corrected chi connectivity index (χ1v) is 24.7. The maximum absolute atomic E-state index is 13.9. The highest BCUT2D eigenvalue weighted by Gasteiger charge is 2.28. The van der Waals surface area contributed by atoms with Crippen LogP contribution in [0.5, 0.6) is 0 Å². The molecule has 0 aliphatic carbocycles. The largest absolute Gasteiger partial charge is 0.377 e. The molecule has 15 heteroatoms. The van der Waals surface area contributed by atoms with Gasteiger partial charge >= 0.3 is 0 Å². The van der Waals surface area contributed by atoms with E-state index in [1.54, 1.807) is 0 Å². The lowest BCUT2D eigenvalue weighted by molar-refractivity contribution is -0.0268. The first-order valence-electron chi connectivity index (χ1n) is 20.9. The van der Waals surface area contributed by atoms with Gasteiger partial charge in [-0.3, -0.25) is 0 Å². The molecule has 0 atom stereocenters. The van der Waals surface area contributed by atoms with Gasteiger partial charge in [-0.1, -0.05) is 121 Å². The quantitative estimate of drug-likeness (QED) is 0.0436. The van der Waals surface area contributed by atoms with E-state index in [2.05, 4.69) is 0 Å². The lowest BCUT2D eigenvalue weighted by Gasteiger charge is -2.19. The van der Waals surface area contributed by atoms with E-state index >= 15 is 0 Å². The lowest BCUT2D eigenvalue weighted by Crippen LogP contribution is -2.20. The van der Waals surface area contributed by atoms with Gasteiger partial charge < -0.3 is 61.2 Å². The van der Waals surface area contributed by atoms with Crippen LogP contribution in [0.2, 0.25) is 0 Å². The molecule has 336 valence electrons. The minimum Gasteiger partial charge on any atom is -0.377 e. The Kier molecular flexibility index (Phi) is 27.0. The van der Waals surface area contributed by atoms with Crippen LogP contribution in [0.3, 0.4) is 0 Å². The molecule has 0 amide bonds. The molecule has 0 bridgehead atoms. The second-order valence-electron chi connectivity index (χ2n) is 13.4. The highest BCUT2D eigenvalue weighted by atomic mass is 31.2. The molecule has 0 saturated heterocycles. The molecule has 4 rings (SSSR count). The minimum atomic E-state index is -2.89. The first kappa shape index (κ1) is 50.5. The van der Waals surface area contributed by atoms with Crippen LogP contribution < -0.4 is 21.2 Å². The molecular formula is C46H64O13P2. The fourth-order valence-corrected chi connectivity index (χ4v) is 10.3. The van der Waals surface area contributed by atoms with E-state index in [-0.39, 0.29) is 12.7 Å². The van der Waals surface area contributed by atoms with Crippen LogP contribution in [-0.4, -0.2) is 145 Å². The van der Waals surface area contributed by atoms with Crippen molar-refractivity contribution in [2.75, 3.05) is 145 Å². The Hall–Kier alpha value is -3.10. The van der Waals surface area contributed by atoms with Gasteiger partial charge in [0.05, 0.1) is 132 Å². The highest BCUT2D eigenvalue weighted by Crippen LogP contribution is 2.44. The topological polar surface area (TPSA) is 136 Å². The SMILES string of the molecule is O=P(COCCOCCOCCOCCOCCOCCOCCOCCOCCOCCOCP(=O)(c1ccccc1)c1ccccc1)(c1ccccc1)c1ccccc1. The molecule has 0 aliphatic heterocycles. The summed E-state index contributed by atoms with van der Waals surface area (Å²) in [4.78, 5) is 0. The van der Waals surface area contributed by atoms with E-state index in [9.17, 15) is 9.13 Å². The third-order valence-corrected chi connectivity index (χ3v) is 14.6. The van der Waals surface area contributed by atoms with E-state index in [0.717, 1.165) is 21.2 Å². The molecular weight excluding hydrogens is 822 g/mol. The number of ether oxygens (including phenoxy) is 11. The Morgan fingerprint density at radius 2 is 0.377 bits per heavy atom. The predicted octanol–water partition coefficient (Wildman–Crippen LogP) is 5.11. The molecule has 0 N–H and O–H groups in total. The summed E-state index contributed by atoms with van der Waals surface area (Å²) in [6, 6.07) is 37.9. The molecule has 0 heterocycles. The molecule has 0 radical (unpaired) electrons. The predicted molar refractivity (Wildman–Crippen MR) is 239 cm³/mol. The zero-order chi connectivity index (χ0) is 42.8. The average molecular weight is 887 g/mol.